The summed E-state index contributed by atoms with van der Waals surface area (Å²) in [6, 6.07) is 8.15. The van der Waals surface area contributed by atoms with E-state index in [9.17, 15) is 13.2 Å². The molecule has 0 amide bonds. The van der Waals surface area contributed by atoms with Gasteiger partial charge in [-0.15, -0.1) is 11.6 Å². The molecule has 0 N–H and O–H groups in total. The smallest absolute Gasteiger partial charge is 0.296 e. The van der Waals surface area contributed by atoms with Crippen molar-refractivity contribution in [3.05, 3.63) is 35.9 Å². The Balaban J connectivity index is 2.88. The number of nitrogens with zero attached hydrogens (tertiary/aromatic N) is 1. The molecule has 0 aromatic heterocycles. The molecule has 0 spiro atoms. The molecule has 1 unspecified atom stereocenters. The van der Waals surface area contributed by atoms with Crippen molar-refractivity contribution in [2.24, 2.45) is 4.36 Å². The van der Waals surface area contributed by atoms with Gasteiger partial charge in [-0.3, -0.25) is 4.79 Å². The van der Waals surface area contributed by atoms with Crippen LogP contribution in [0.4, 0.5) is 0 Å². The number of hydrogen-bond acceptors (Lipinski definition) is 4. The highest BCUT2D eigenvalue weighted by atomic mass is 35.5. The van der Waals surface area contributed by atoms with Crippen molar-refractivity contribution in [2.75, 3.05) is 5.88 Å². The van der Waals surface area contributed by atoms with E-state index in [0.29, 0.717) is 0 Å². The molecular weight excluding hydrogens is 250 g/mol. The van der Waals surface area contributed by atoms with Gasteiger partial charge in [0.15, 0.2) is 5.78 Å². The Bertz CT molecular complexity index is 476. The van der Waals surface area contributed by atoms with Gasteiger partial charge in [-0.25, -0.2) is 0 Å². The van der Waals surface area contributed by atoms with Crippen molar-refractivity contribution in [3.8, 4) is 0 Å². The number of carbonyl (C=O) groups is 1. The maximum Gasteiger partial charge on any atom is 0.311 e. The molecule has 1 atom stereocenters. The second-order valence-electron chi connectivity index (χ2n) is 3.13. The fourth-order valence-electron chi connectivity index (χ4n) is 1.24. The number of ketones is 1. The van der Waals surface area contributed by atoms with E-state index in [-0.39, 0.29) is 12.3 Å². The van der Waals surface area contributed by atoms with Crippen molar-refractivity contribution in [3.63, 3.8) is 0 Å². The molecule has 86 valence electrons. The third kappa shape index (κ3) is 4.12. The van der Waals surface area contributed by atoms with Gasteiger partial charge in [-0.05, 0) is 5.56 Å². The van der Waals surface area contributed by atoms with Gasteiger partial charge in [-0.2, -0.15) is 12.8 Å². The SMILES string of the molecule is O=C(CCl)C(Cc1ccccc1)N=S(=O)=O. The molecule has 0 heterocycles. The fourth-order valence-corrected chi connectivity index (χ4v) is 1.82. The van der Waals surface area contributed by atoms with Gasteiger partial charge in [0.2, 0.25) is 0 Å². The molecule has 0 bridgehead atoms. The number of carbonyl (C=O) groups excluding carboxylic acids is 1. The summed E-state index contributed by atoms with van der Waals surface area (Å²) in [5.41, 5.74) is 0.847. The number of rotatable bonds is 5. The van der Waals surface area contributed by atoms with Crippen LogP contribution in [0.2, 0.25) is 0 Å². The Kier molecular flexibility index (Phi) is 5.14. The molecule has 1 aromatic rings. The van der Waals surface area contributed by atoms with E-state index in [0.717, 1.165) is 5.56 Å². The first-order valence-corrected chi connectivity index (χ1v) is 6.13. The summed E-state index contributed by atoms with van der Waals surface area (Å²) in [5.74, 6) is -0.632. The maximum atomic E-state index is 11.4. The first-order valence-electron chi connectivity index (χ1n) is 4.56. The van der Waals surface area contributed by atoms with Crippen LogP contribution in [0.15, 0.2) is 34.7 Å². The number of hydrogen-bond donors (Lipinski definition) is 0. The van der Waals surface area contributed by atoms with Gasteiger partial charge in [0.1, 0.15) is 6.04 Å². The van der Waals surface area contributed by atoms with Crippen LogP contribution in [0, 0.1) is 0 Å². The fraction of sp³-hybridized carbons (Fsp3) is 0.300. The molecule has 1 aromatic carbocycles. The van der Waals surface area contributed by atoms with Crippen LogP contribution >= 0.6 is 11.6 Å². The molecule has 16 heavy (non-hydrogen) atoms. The summed E-state index contributed by atoms with van der Waals surface area (Å²) < 4.78 is 24.2. The number of halogens is 1. The van der Waals surface area contributed by atoms with Gasteiger partial charge in [0.25, 0.3) is 0 Å². The number of alkyl halides is 1. The highest BCUT2D eigenvalue weighted by Crippen LogP contribution is 2.07. The first kappa shape index (κ1) is 12.9. The molecule has 6 heteroatoms. The molecule has 4 nitrogen and oxygen atoms in total. The molecule has 0 aliphatic rings. The van der Waals surface area contributed by atoms with E-state index in [4.69, 9.17) is 11.6 Å². The Morgan fingerprint density at radius 3 is 2.44 bits per heavy atom. The largest absolute Gasteiger partial charge is 0.311 e. The lowest BCUT2D eigenvalue weighted by molar-refractivity contribution is -0.117. The quantitative estimate of drug-likeness (QED) is 0.752. The van der Waals surface area contributed by atoms with Crippen LogP contribution in [-0.2, 0) is 21.7 Å². The van der Waals surface area contributed by atoms with Crippen molar-refractivity contribution < 1.29 is 13.2 Å². The van der Waals surface area contributed by atoms with Crippen molar-refractivity contribution in [1.29, 1.82) is 0 Å². The van der Waals surface area contributed by atoms with Crippen molar-refractivity contribution in [1.82, 2.24) is 0 Å². The van der Waals surface area contributed by atoms with E-state index < -0.39 is 22.3 Å². The highest BCUT2D eigenvalue weighted by Gasteiger charge is 2.17. The average Bonchev–Trinajstić information content (AvgIpc) is 2.28. The van der Waals surface area contributed by atoms with Crippen LogP contribution in [0.25, 0.3) is 0 Å². The predicted molar refractivity (Wildman–Crippen MR) is 61.0 cm³/mol. The van der Waals surface area contributed by atoms with Gasteiger partial charge in [0, 0.05) is 6.42 Å². The Morgan fingerprint density at radius 2 is 1.94 bits per heavy atom. The lowest BCUT2D eigenvalue weighted by Crippen LogP contribution is -2.22. The van der Waals surface area contributed by atoms with Crippen LogP contribution in [0.5, 0.6) is 0 Å². The van der Waals surface area contributed by atoms with Crippen LogP contribution in [0.3, 0.4) is 0 Å². The van der Waals surface area contributed by atoms with E-state index in [2.05, 4.69) is 4.36 Å². The predicted octanol–water partition coefficient (Wildman–Crippen LogP) is 1.47. The molecule has 0 saturated carbocycles. The number of Topliss-reactive ketones (excluding diaryl/α,β-unsaturated/α-hetero) is 1. The van der Waals surface area contributed by atoms with E-state index in [1.807, 2.05) is 18.2 Å². The third-order valence-corrected chi connectivity index (χ3v) is 2.68. The topological polar surface area (TPSA) is 63.6 Å². The third-order valence-electron chi connectivity index (χ3n) is 1.99. The lowest BCUT2D eigenvalue weighted by atomic mass is 10.0. The molecule has 0 aliphatic heterocycles. The minimum absolute atomic E-state index is 0.238. The normalized spacial score (nSPS) is 11.8. The summed E-state index contributed by atoms with van der Waals surface area (Å²) in [6.07, 6.45) is 0.250. The molecular formula is C10H10ClNO3S. The van der Waals surface area contributed by atoms with Gasteiger partial charge >= 0.3 is 10.5 Å². The summed E-state index contributed by atoms with van der Waals surface area (Å²) in [5, 5.41) is 0. The molecule has 0 aliphatic carbocycles. The highest BCUT2D eigenvalue weighted by molar-refractivity contribution is 7.61. The van der Waals surface area contributed by atoms with Crippen molar-refractivity contribution in [2.45, 2.75) is 12.5 Å². The summed E-state index contributed by atoms with van der Waals surface area (Å²) in [7, 11) is -2.60. The Morgan fingerprint density at radius 1 is 1.31 bits per heavy atom. The second-order valence-corrected chi connectivity index (χ2v) is 4.04. The molecule has 0 radical (unpaired) electrons. The zero-order valence-electron chi connectivity index (χ0n) is 8.34. The zero-order valence-corrected chi connectivity index (χ0v) is 9.91. The molecule has 0 saturated heterocycles. The summed E-state index contributed by atoms with van der Waals surface area (Å²) in [6.45, 7) is 0. The zero-order chi connectivity index (χ0) is 12.0. The van der Waals surface area contributed by atoms with Crippen molar-refractivity contribution >= 4 is 27.9 Å². The van der Waals surface area contributed by atoms with Crippen LogP contribution in [-0.4, -0.2) is 26.1 Å². The number of benzene rings is 1. The standard InChI is InChI=1S/C10H10ClNO3S/c11-7-10(13)9(12-16(14)15)6-8-4-2-1-3-5-8/h1-5,9H,6-7H2. The minimum atomic E-state index is -2.60. The van der Waals surface area contributed by atoms with Crippen LogP contribution in [0.1, 0.15) is 5.56 Å². The van der Waals surface area contributed by atoms with E-state index >= 15 is 0 Å². The van der Waals surface area contributed by atoms with E-state index in [1.54, 1.807) is 12.1 Å². The van der Waals surface area contributed by atoms with E-state index in [1.165, 1.54) is 0 Å². The van der Waals surface area contributed by atoms with Gasteiger partial charge < -0.3 is 0 Å². The Labute approximate surface area is 99.9 Å². The first-order chi connectivity index (χ1) is 7.63. The maximum absolute atomic E-state index is 11.4. The summed E-state index contributed by atoms with van der Waals surface area (Å²) >= 11 is 5.39. The second kappa shape index (κ2) is 6.40. The minimum Gasteiger partial charge on any atom is -0.296 e. The lowest BCUT2D eigenvalue weighted by Gasteiger charge is -2.06. The Hall–Kier alpha value is -1.20. The molecule has 0 fully saturated rings. The monoisotopic (exact) mass is 259 g/mol. The molecule has 1 rings (SSSR count). The average molecular weight is 260 g/mol. The summed E-state index contributed by atoms with van der Waals surface area (Å²) in [4.78, 5) is 11.4. The van der Waals surface area contributed by atoms with Crippen LogP contribution < -0.4 is 0 Å². The van der Waals surface area contributed by atoms with Gasteiger partial charge in [0.05, 0.1) is 5.88 Å². The van der Waals surface area contributed by atoms with Gasteiger partial charge in [-0.1, -0.05) is 30.3 Å².